The van der Waals surface area contributed by atoms with Crippen LogP contribution in [-0.2, 0) is 6.54 Å². The van der Waals surface area contributed by atoms with E-state index in [1.807, 2.05) is 6.20 Å². The second-order valence-corrected chi connectivity index (χ2v) is 6.17. The highest BCUT2D eigenvalue weighted by molar-refractivity contribution is 5.48. The average molecular weight is 276 g/mol. The maximum atomic E-state index is 4.77. The third kappa shape index (κ3) is 3.69. The fraction of sp³-hybridized carbons (Fsp3) is 0.750. The predicted molar refractivity (Wildman–Crippen MR) is 84.1 cm³/mol. The second kappa shape index (κ2) is 7.02. The van der Waals surface area contributed by atoms with E-state index in [0.29, 0.717) is 5.92 Å². The van der Waals surface area contributed by atoms with Crippen molar-refractivity contribution in [2.75, 3.05) is 25.0 Å². The van der Waals surface area contributed by atoms with Crippen LogP contribution in [0.3, 0.4) is 0 Å². The van der Waals surface area contributed by atoms with E-state index in [4.69, 9.17) is 4.98 Å². The fourth-order valence-corrected chi connectivity index (χ4v) is 2.56. The molecule has 1 aliphatic rings. The Labute approximate surface area is 123 Å². The SMILES string of the molecule is CCNCc1nc(C(C)C)ncc1N(C)CC1CCC1. The van der Waals surface area contributed by atoms with Gasteiger partial charge in [0.2, 0.25) is 0 Å². The normalized spacial score (nSPS) is 15.4. The fourth-order valence-electron chi connectivity index (χ4n) is 2.56. The maximum absolute atomic E-state index is 4.77. The van der Waals surface area contributed by atoms with Gasteiger partial charge in [0.15, 0.2) is 0 Å². The Hall–Kier alpha value is -1.16. The summed E-state index contributed by atoms with van der Waals surface area (Å²) in [6.45, 7) is 9.33. The number of hydrogen-bond acceptors (Lipinski definition) is 4. The highest BCUT2D eigenvalue weighted by Gasteiger charge is 2.21. The van der Waals surface area contributed by atoms with Gasteiger partial charge in [0, 0.05) is 26.1 Å². The van der Waals surface area contributed by atoms with Crippen molar-refractivity contribution in [1.29, 1.82) is 0 Å². The van der Waals surface area contributed by atoms with Gasteiger partial charge in [-0.2, -0.15) is 0 Å². The van der Waals surface area contributed by atoms with Crippen molar-refractivity contribution in [2.24, 2.45) is 5.92 Å². The first-order valence-electron chi connectivity index (χ1n) is 7.89. The molecule has 1 N–H and O–H groups in total. The Kier molecular flexibility index (Phi) is 5.35. The molecule has 0 amide bonds. The predicted octanol–water partition coefficient (Wildman–Crippen LogP) is 2.95. The molecule has 2 rings (SSSR count). The van der Waals surface area contributed by atoms with Gasteiger partial charge >= 0.3 is 0 Å². The van der Waals surface area contributed by atoms with Gasteiger partial charge in [-0.05, 0) is 25.3 Å². The molecule has 0 saturated heterocycles. The molecule has 1 aromatic heterocycles. The van der Waals surface area contributed by atoms with Crippen molar-refractivity contribution in [3.8, 4) is 0 Å². The minimum absolute atomic E-state index is 0.376. The first-order chi connectivity index (χ1) is 9.61. The number of nitrogens with one attached hydrogen (secondary N) is 1. The van der Waals surface area contributed by atoms with Crippen LogP contribution >= 0.6 is 0 Å². The third-order valence-electron chi connectivity index (χ3n) is 4.09. The average Bonchev–Trinajstić information content (AvgIpc) is 2.39. The summed E-state index contributed by atoms with van der Waals surface area (Å²) in [5.74, 6) is 2.18. The van der Waals surface area contributed by atoms with Gasteiger partial charge < -0.3 is 10.2 Å². The molecule has 0 aliphatic heterocycles. The van der Waals surface area contributed by atoms with Crippen molar-refractivity contribution in [2.45, 2.75) is 52.5 Å². The minimum Gasteiger partial charge on any atom is -0.372 e. The van der Waals surface area contributed by atoms with E-state index in [1.165, 1.54) is 24.9 Å². The monoisotopic (exact) mass is 276 g/mol. The molecule has 4 heteroatoms. The molecule has 1 aliphatic carbocycles. The van der Waals surface area contributed by atoms with E-state index in [0.717, 1.165) is 37.1 Å². The van der Waals surface area contributed by atoms with E-state index in [2.05, 4.69) is 43.0 Å². The zero-order valence-corrected chi connectivity index (χ0v) is 13.3. The molecule has 0 spiro atoms. The molecule has 4 nitrogen and oxygen atoms in total. The highest BCUT2D eigenvalue weighted by atomic mass is 15.1. The van der Waals surface area contributed by atoms with Gasteiger partial charge in [0.1, 0.15) is 5.82 Å². The van der Waals surface area contributed by atoms with E-state index < -0.39 is 0 Å². The van der Waals surface area contributed by atoms with Crippen molar-refractivity contribution >= 4 is 5.69 Å². The van der Waals surface area contributed by atoms with Crippen molar-refractivity contribution in [3.05, 3.63) is 17.7 Å². The minimum atomic E-state index is 0.376. The molecule has 0 radical (unpaired) electrons. The summed E-state index contributed by atoms with van der Waals surface area (Å²) in [6, 6.07) is 0. The molecule has 1 heterocycles. The number of hydrogen-bond donors (Lipinski definition) is 1. The lowest BCUT2D eigenvalue weighted by atomic mass is 9.85. The van der Waals surface area contributed by atoms with Crippen LogP contribution in [0, 0.1) is 5.92 Å². The maximum Gasteiger partial charge on any atom is 0.131 e. The Morgan fingerprint density at radius 3 is 2.70 bits per heavy atom. The summed E-state index contributed by atoms with van der Waals surface area (Å²) in [4.78, 5) is 11.6. The summed E-state index contributed by atoms with van der Waals surface area (Å²) in [5, 5.41) is 3.39. The van der Waals surface area contributed by atoms with Crippen LogP contribution in [0.4, 0.5) is 5.69 Å². The largest absolute Gasteiger partial charge is 0.372 e. The molecule has 0 atom stereocenters. The molecular weight excluding hydrogens is 248 g/mol. The van der Waals surface area contributed by atoms with E-state index >= 15 is 0 Å². The summed E-state index contributed by atoms with van der Waals surface area (Å²) in [5.41, 5.74) is 2.31. The number of nitrogens with zero attached hydrogens (tertiary/aromatic N) is 3. The van der Waals surface area contributed by atoms with Gasteiger partial charge in [0.25, 0.3) is 0 Å². The van der Waals surface area contributed by atoms with Gasteiger partial charge in [-0.3, -0.25) is 0 Å². The Bertz CT molecular complexity index is 426. The van der Waals surface area contributed by atoms with Crippen LogP contribution in [0.5, 0.6) is 0 Å². The molecule has 1 fully saturated rings. The summed E-state index contributed by atoms with van der Waals surface area (Å²) < 4.78 is 0. The molecule has 1 saturated carbocycles. The highest BCUT2D eigenvalue weighted by Crippen LogP contribution is 2.29. The van der Waals surface area contributed by atoms with Crippen LogP contribution < -0.4 is 10.2 Å². The van der Waals surface area contributed by atoms with E-state index in [9.17, 15) is 0 Å². The van der Waals surface area contributed by atoms with Crippen LogP contribution in [0.25, 0.3) is 0 Å². The molecule has 20 heavy (non-hydrogen) atoms. The molecule has 112 valence electrons. The standard InChI is InChI=1S/C16H28N4/c1-5-17-9-14-15(10-18-16(19-14)12(2)3)20(4)11-13-7-6-8-13/h10,12-13,17H,5-9,11H2,1-4H3. The summed E-state index contributed by atoms with van der Waals surface area (Å²) >= 11 is 0. The van der Waals surface area contributed by atoms with Gasteiger partial charge in [0.05, 0.1) is 17.6 Å². The topological polar surface area (TPSA) is 41.1 Å². The summed E-state index contributed by atoms with van der Waals surface area (Å²) in [6.07, 6.45) is 6.15. The lowest BCUT2D eigenvalue weighted by molar-refractivity contribution is 0.321. The molecule has 1 aromatic rings. The quantitative estimate of drug-likeness (QED) is 0.831. The van der Waals surface area contributed by atoms with Crippen LogP contribution in [0.2, 0.25) is 0 Å². The van der Waals surface area contributed by atoms with Crippen molar-refractivity contribution in [1.82, 2.24) is 15.3 Å². The molecule has 0 aromatic carbocycles. The second-order valence-electron chi connectivity index (χ2n) is 6.17. The molecule has 0 unspecified atom stereocenters. The van der Waals surface area contributed by atoms with Gasteiger partial charge in [-0.15, -0.1) is 0 Å². The smallest absolute Gasteiger partial charge is 0.131 e. The number of rotatable bonds is 7. The van der Waals surface area contributed by atoms with E-state index in [-0.39, 0.29) is 0 Å². The van der Waals surface area contributed by atoms with Crippen molar-refractivity contribution < 1.29 is 0 Å². The zero-order chi connectivity index (χ0) is 14.5. The van der Waals surface area contributed by atoms with Crippen LogP contribution in [-0.4, -0.2) is 30.1 Å². The molecular formula is C16H28N4. The van der Waals surface area contributed by atoms with Crippen LogP contribution in [0.1, 0.15) is 57.5 Å². The molecule has 0 bridgehead atoms. The van der Waals surface area contributed by atoms with E-state index in [1.54, 1.807) is 0 Å². The van der Waals surface area contributed by atoms with Crippen LogP contribution in [0.15, 0.2) is 6.20 Å². The Morgan fingerprint density at radius 2 is 2.15 bits per heavy atom. The third-order valence-corrected chi connectivity index (χ3v) is 4.09. The van der Waals surface area contributed by atoms with Gasteiger partial charge in [-0.25, -0.2) is 9.97 Å². The first kappa shape index (κ1) is 15.2. The van der Waals surface area contributed by atoms with Crippen molar-refractivity contribution in [3.63, 3.8) is 0 Å². The number of aromatic nitrogens is 2. The Morgan fingerprint density at radius 1 is 1.40 bits per heavy atom. The number of anilines is 1. The lowest BCUT2D eigenvalue weighted by Gasteiger charge is -2.32. The van der Waals surface area contributed by atoms with Gasteiger partial charge in [-0.1, -0.05) is 27.2 Å². The lowest BCUT2D eigenvalue weighted by Crippen LogP contribution is -2.31. The Balaban J connectivity index is 2.15. The summed E-state index contributed by atoms with van der Waals surface area (Å²) in [7, 11) is 2.17. The first-order valence-corrected chi connectivity index (χ1v) is 7.89. The zero-order valence-electron chi connectivity index (χ0n) is 13.3.